The van der Waals surface area contributed by atoms with Crippen LogP contribution in [-0.4, -0.2) is 72.0 Å². The molecule has 0 aliphatic heterocycles. The summed E-state index contributed by atoms with van der Waals surface area (Å²) in [6, 6.07) is 14.4. The van der Waals surface area contributed by atoms with Gasteiger partial charge in [-0.2, -0.15) is 0 Å². The summed E-state index contributed by atoms with van der Waals surface area (Å²) in [4.78, 5) is 27.9. The van der Waals surface area contributed by atoms with Crippen LogP contribution in [0, 0.1) is 3.57 Å². The van der Waals surface area contributed by atoms with Crippen molar-refractivity contribution < 1.29 is 29.3 Å². The Labute approximate surface area is 231 Å². The molecular formula is C28H35IN2O6. The van der Waals surface area contributed by atoms with Crippen LogP contribution >= 0.6 is 22.6 Å². The fourth-order valence-electron chi connectivity index (χ4n) is 4.45. The molecular weight excluding hydrogens is 587 g/mol. The zero-order valence-electron chi connectivity index (χ0n) is 21.2. The van der Waals surface area contributed by atoms with E-state index in [0.717, 1.165) is 14.9 Å². The van der Waals surface area contributed by atoms with Crippen LogP contribution in [0.5, 0.6) is 11.5 Å². The predicted molar refractivity (Wildman–Crippen MR) is 149 cm³/mol. The summed E-state index contributed by atoms with van der Waals surface area (Å²) in [6.45, 7) is 2.21. The van der Waals surface area contributed by atoms with Gasteiger partial charge >= 0.3 is 0 Å². The Morgan fingerprint density at radius 2 is 1.84 bits per heavy atom. The van der Waals surface area contributed by atoms with E-state index in [1.165, 1.54) is 0 Å². The molecule has 0 fully saturated rings. The van der Waals surface area contributed by atoms with Crippen molar-refractivity contribution in [2.24, 2.45) is 0 Å². The molecule has 1 aliphatic carbocycles. The maximum atomic E-state index is 13.3. The number of hydrogen-bond donors (Lipinski definition) is 3. The summed E-state index contributed by atoms with van der Waals surface area (Å²) in [5.41, 5.74) is 1.36. The number of amides is 2. The molecule has 9 heteroatoms. The molecule has 3 rings (SSSR count). The molecule has 2 amide bonds. The number of hydrogen-bond acceptors (Lipinski definition) is 6. The van der Waals surface area contributed by atoms with Gasteiger partial charge in [0.25, 0.3) is 0 Å². The topological polar surface area (TPSA) is 108 Å². The van der Waals surface area contributed by atoms with Crippen molar-refractivity contribution in [3.05, 3.63) is 69.3 Å². The van der Waals surface area contributed by atoms with E-state index in [1.807, 2.05) is 49.4 Å². The van der Waals surface area contributed by atoms with Crippen LogP contribution in [0.1, 0.15) is 31.7 Å². The van der Waals surface area contributed by atoms with Crippen molar-refractivity contribution in [3.63, 3.8) is 0 Å². The van der Waals surface area contributed by atoms with E-state index in [9.17, 15) is 14.7 Å². The number of ether oxygens (including phenoxy) is 2. The second-order valence-electron chi connectivity index (χ2n) is 8.85. The van der Waals surface area contributed by atoms with E-state index in [2.05, 4.69) is 27.9 Å². The van der Waals surface area contributed by atoms with Crippen molar-refractivity contribution in [1.82, 2.24) is 10.2 Å². The summed E-state index contributed by atoms with van der Waals surface area (Å²) in [6.07, 6.45) is 1.42. The van der Waals surface area contributed by atoms with Gasteiger partial charge in [-0.25, -0.2) is 0 Å². The number of aliphatic hydroxyl groups excluding tert-OH is 2. The van der Waals surface area contributed by atoms with Crippen LogP contribution in [0.15, 0.2) is 60.2 Å². The van der Waals surface area contributed by atoms with Gasteiger partial charge in [0.05, 0.1) is 23.3 Å². The van der Waals surface area contributed by atoms with E-state index in [-0.39, 0.29) is 31.4 Å². The maximum Gasteiger partial charge on any atom is 0.247 e. The molecule has 0 bridgehead atoms. The molecule has 1 aliphatic rings. The number of methoxy groups -OCH3 is 1. The number of rotatable bonds is 12. The number of benzene rings is 2. The molecule has 2 aromatic carbocycles. The highest BCUT2D eigenvalue weighted by Crippen LogP contribution is 2.30. The van der Waals surface area contributed by atoms with Gasteiger partial charge in [0.1, 0.15) is 23.7 Å². The van der Waals surface area contributed by atoms with Crippen LogP contribution < -0.4 is 14.8 Å². The quantitative estimate of drug-likeness (QED) is 0.314. The lowest BCUT2D eigenvalue weighted by molar-refractivity contribution is -0.138. The van der Waals surface area contributed by atoms with Crippen molar-refractivity contribution in [3.8, 4) is 11.5 Å². The van der Waals surface area contributed by atoms with E-state index in [1.54, 1.807) is 24.2 Å². The van der Waals surface area contributed by atoms with Gasteiger partial charge in [0, 0.05) is 31.5 Å². The molecule has 3 atom stereocenters. The van der Waals surface area contributed by atoms with E-state index in [4.69, 9.17) is 14.6 Å². The molecule has 200 valence electrons. The lowest BCUT2D eigenvalue weighted by Gasteiger charge is -2.40. The molecule has 0 heterocycles. The lowest BCUT2D eigenvalue weighted by Crippen LogP contribution is -2.55. The number of para-hydroxylation sites is 2. The highest BCUT2D eigenvalue weighted by molar-refractivity contribution is 14.1. The van der Waals surface area contributed by atoms with Gasteiger partial charge in [-0.1, -0.05) is 37.3 Å². The average molecular weight is 623 g/mol. The first-order valence-corrected chi connectivity index (χ1v) is 13.6. The van der Waals surface area contributed by atoms with E-state index >= 15 is 0 Å². The first-order chi connectivity index (χ1) is 17.9. The highest BCUT2D eigenvalue weighted by atomic mass is 127. The zero-order valence-corrected chi connectivity index (χ0v) is 23.4. The third-order valence-electron chi connectivity index (χ3n) is 6.31. The van der Waals surface area contributed by atoms with Crippen LogP contribution in [0.3, 0.4) is 0 Å². The molecule has 2 aromatic rings. The van der Waals surface area contributed by atoms with Crippen LogP contribution in [0.25, 0.3) is 0 Å². The monoisotopic (exact) mass is 622 g/mol. The fourth-order valence-corrected chi connectivity index (χ4v) is 4.96. The minimum absolute atomic E-state index is 0.0912. The van der Waals surface area contributed by atoms with Crippen molar-refractivity contribution in [2.75, 3.05) is 26.8 Å². The van der Waals surface area contributed by atoms with Gasteiger partial charge in [0.15, 0.2) is 0 Å². The number of halogens is 1. The summed E-state index contributed by atoms with van der Waals surface area (Å²) in [5, 5.41) is 23.3. The van der Waals surface area contributed by atoms with Crippen molar-refractivity contribution >= 4 is 34.4 Å². The zero-order chi connectivity index (χ0) is 26.8. The first kappa shape index (κ1) is 28.9. The Bertz CT molecular complexity index is 1090. The highest BCUT2D eigenvalue weighted by Gasteiger charge is 2.40. The van der Waals surface area contributed by atoms with Gasteiger partial charge in [-0.05, 0) is 65.3 Å². The van der Waals surface area contributed by atoms with Gasteiger partial charge in [0.2, 0.25) is 11.8 Å². The molecule has 3 N–H and O–H groups in total. The van der Waals surface area contributed by atoms with E-state index < -0.39 is 18.2 Å². The first-order valence-electron chi connectivity index (χ1n) is 12.5. The smallest absolute Gasteiger partial charge is 0.247 e. The number of carbonyl (C=O) groups is 2. The molecule has 3 unspecified atom stereocenters. The molecule has 37 heavy (non-hydrogen) atoms. The maximum absolute atomic E-state index is 13.3. The summed E-state index contributed by atoms with van der Waals surface area (Å²) in [7, 11) is 1.61. The number of nitrogens with zero attached hydrogens (tertiary/aromatic N) is 1. The Hall–Kier alpha value is -2.63. The second kappa shape index (κ2) is 14.3. The number of carbonyl (C=O) groups excluding carboxylic acids is 2. The Kier molecular flexibility index (Phi) is 11.2. The van der Waals surface area contributed by atoms with Gasteiger partial charge in [-0.3, -0.25) is 9.59 Å². The lowest BCUT2D eigenvalue weighted by atomic mass is 9.87. The minimum Gasteiger partial charge on any atom is -0.496 e. The van der Waals surface area contributed by atoms with Gasteiger partial charge in [-0.15, -0.1) is 0 Å². The minimum atomic E-state index is -1.05. The molecule has 0 radical (unpaired) electrons. The molecule has 0 saturated heterocycles. The Morgan fingerprint density at radius 1 is 1.14 bits per heavy atom. The second-order valence-corrected chi connectivity index (χ2v) is 10.0. The normalized spacial score (nSPS) is 19.1. The molecule has 0 saturated carbocycles. The SMILES string of the molecule is CCCC(=O)N(CCc1ccccc1OC)C1CC(C(=O)NCCO)=CC(Oc2ccccc2I)C1O. The Balaban J connectivity index is 1.93. The van der Waals surface area contributed by atoms with E-state index in [0.29, 0.717) is 37.1 Å². The molecule has 0 spiro atoms. The third kappa shape index (κ3) is 7.68. The largest absolute Gasteiger partial charge is 0.496 e. The fraction of sp³-hybridized carbons (Fsp3) is 0.429. The van der Waals surface area contributed by atoms with Crippen LogP contribution in [0.2, 0.25) is 0 Å². The van der Waals surface area contributed by atoms with Crippen molar-refractivity contribution in [2.45, 2.75) is 50.9 Å². The number of nitrogens with one attached hydrogen (secondary N) is 1. The average Bonchev–Trinajstić information content (AvgIpc) is 2.90. The van der Waals surface area contributed by atoms with Crippen LogP contribution in [-0.2, 0) is 16.0 Å². The standard InChI is InChI=1S/C28H35IN2O6/c1-3-8-26(33)31(15-13-19-9-4-6-11-23(19)36-2)22-17-20(28(35)30-14-16-32)18-25(27(22)34)37-24-12-7-5-10-21(24)29/h4-7,9-12,18,22,25,27,32,34H,3,8,13-17H2,1-2H3,(H,30,35). The third-order valence-corrected chi connectivity index (χ3v) is 7.20. The van der Waals surface area contributed by atoms with Crippen LogP contribution in [0.4, 0.5) is 0 Å². The molecule has 0 aromatic heterocycles. The Morgan fingerprint density at radius 3 is 2.51 bits per heavy atom. The molecule has 8 nitrogen and oxygen atoms in total. The summed E-state index contributed by atoms with van der Waals surface area (Å²) in [5.74, 6) is 0.875. The van der Waals surface area contributed by atoms with Crippen molar-refractivity contribution in [1.29, 1.82) is 0 Å². The predicted octanol–water partition coefficient (Wildman–Crippen LogP) is 3.09. The summed E-state index contributed by atoms with van der Waals surface area (Å²) >= 11 is 2.16. The summed E-state index contributed by atoms with van der Waals surface area (Å²) < 4.78 is 12.5. The number of aliphatic hydroxyl groups is 2. The van der Waals surface area contributed by atoms with Gasteiger partial charge < -0.3 is 29.9 Å².